The lowest BCUT2D eigenvalue weighted by atomic mass is 9.85. The van der Waals surface area contributed by atoms with Crippen LogP contribution in [0.4, 0.5) is 5.69 Å². The number of anilines is 1. The first-order valence-corrected chi connectivity index (χ1v) is 7.51. The van der Waals surface area contributed by atoms with Gasteiger partial charge in [-0.3, -0.25) is 4.98 Å². The van der Waals surface area contributed by atoms with Crippen molar-refractivity contribution >= 4 is 5.69 Å². The highest BCUT2D eigenvalue weighted by atomic mass is 15.1. The van der Waals surface area contributed by atoms with E-state index in [-0.39, 0.29) is 0 Å². The van der Waals surface area contributed by atoms with Gasteiger partial charge in [0, 0.05) is 43.8 Å². The molecule has 0 aromatic carbocycles. The minimum absolute atomic E-state index is 0.688. The van der Waals surface area contributed by atoms with Gasteiger partial charge in [-0.2, -0.15) is 0 Å². The first-order chi connectivity index (χ1) is 9.16. The molecule has 3 nitrogen and oxygen atoms in total. The molecule has 1 saturated carbocycles. The maximum atomic E-state index is 4.27. The van der Waals surface area contributed by atoms with Gasteiger partial charge in [-0.1, -0.05) is 20.3 Å². The number of hydrogen-bond donors (Lipinski definition) is 1. The molecule has 1 aliphatic rings. The van der Waals surface area contributed by atoms with E-state index >= 15 is 0 Å². The van der Waals surface area contributed by atoms with E-state index in [4.69, 9.17) is 0 Å². The Bertz CT molecular complexity index is 385. The van der Waals surface area contributed by atoms with Gasteiger partial charge in [-0.05, 0) is 37.3 Å². The van der Waals surface area contributed by atoms with Gasteiger partial charge in [0.15, 0.2) is 0 Å². The molecular weight excluding hydrogens is 234 g/mol. The Kier molecular flexibility index (Phi) is 5.20. The Morgan fingerprint density at radius 2 is 2.21 bits per heavy atom. The number of aromatic nitrogens is 1. The summed E-state index contributed by atoms with van der Waals surface area (Å²) in [5.41, 5.74) is 2.64. The molecule has 0 atom stereocenters. The van der Waals surface area contributed by atoms with Crippen LogP contribution in [-0.2, 0) is 6.54 Å². The molecule has 1 aromatic heterocycles. The summed E-state index contributed by atoms with van der Waals surface area (Å²) in [6, 6.07) is 2.14. The smallest absolute Gasteiger partial charge is 0.0440 e. The second kappa shape index (κ2) is 6.90. The second-order valence-electron chi connectivity index (χ2n) is 6.21. The van der Waals surface area contributed by atoms with Gasteiger partial charge < -0.3 is 10.2 Å². The second-order valence-corrected chi connectivity index (χ2v) is 6.21. The third-order valence-electron chi connectivity index (χ3n) is 3.91. The maximum absolute atomic E-state index is 4.27. The van der Waals surface area contributed by atoms with Crippen LogP contribution < -0.4 is 10.2 Å². The number of nitrogens with one attached hydrogen (secondary N) is 1. The van der Waals surface area contributed by atoms with Crippen molar-refractivity contribution in [2.45, 2.75) is 39.7 Å². The van der Waals surface area contributed by atoms with Crippen LogP contribution in [0, 0.1) is 11.8 Å². The Labute approximate surface area is 117 Å². The summed E-state index contributed by atoms with van der Waals surface area (Å²) in [7, 11) is 2.21. The molecule has 3 heteroatoms. The standard InChI is InChI=1S/C16H27N3/c1-13(2)9-18-11-15-10-17-8-7-16(15)19(3)12-14-5-4-6-14/h7-8,10,13-14,18H,4-6,9,11-12H2,1-3H3. The minimum atomic E-state index is 0.688. The van der Waals surface area contributed by atoms with E-state index in [1.54, 1.807) is 0 Å². The van der Waals surface area contributed by atoms with Crippen molar-refractivity contribution in [1.29, 1.82) is 0 Å². The summed E-state index contributed by atoms with van der Waals surface area (Å²) in [5, 5.41) is 3.51. The maximum Gasteiger partial charge on any atom is 0.0440 e. The topological polar surface area (TPSA) is 28.2 Å². The van der Waals surface area contributed by atoms with Gasteiger partial charge in [0.25, 0.3) is 0 Å². The largest absolute Gasteiger partial charge is 0.374 e. The number of nitrogens with zero attached hydrogens (tertiary/aromatic N) is 2. The molecule has 1 heterocycles. The third-order valence-corrected chi connectivity index (χ3v) is 3.91. The molecular formula is C16H27N3. The molecule has 19 heavy (non-hydrogen) atoms. The fourth-order valence-electron chi connectivity index (χ4n) is 2.58. The molecule has 0 amide bonds. The number of hydrogen-bond acceptors (Lipinski definition) is 3. The van der Waals surface area contributed by atoms with E-state index in [0.29, 0.717) is 5.92 Å². The van der Waals surface area contributed by atoms with Gasteiger partial charge in [0.05, 0.1) is 0 Å². The summed E-state index contributed by atoms with van der Waals surface area (Å²) in [6.07, 6.45) is 8.11. The van der Waals surface area contributed by atoms with Crippen LogP contribution in [-0.4, -0.2) is 25.1 Å². The quantitative estimate of drug-likeness (QED) is 0.817. The highest BCUT2D eigenvalue weighted by Crippen LogP contribution is 2.29. The highest BCUT2D eigenvalue weighted by molar-refractivity contribution is 5.51. The molecule has 0 aliphatic heterocycles. The summed E-state index contributed by atoms with van der Waals surface area (Å²) in [5.74, 6) is 1.59. The molecule has 0 spiro atoms. The van der Waals surface area contributed by atoms with E-state index < -0.39 is 0 Å². The molecule has 0 saturated heterocycles. The van der Waals surface area contributed by atoms with Gasteiger partial charge in [-0.15, -0.1) is 0 Å². The molecule has 1 aliphatic carbocycles. The van der Waals surface area contributed by atoms with Crippen LogP contribution in [0.2, 0.25) is 0 Å². The van der Waals surface area contributed by atoms with Crippen LogP contribution >= 0.6 is 0 Å². The van der Waals surface area contributed by atoms with E-state index in [2.05, 4.69) is 42.2 Å². The Hall–Kier alpha value is -1.09. The molecule has 1 N–H and O–H groups in total. The van der Waals surface area contributed by atoms with Crippen LogP contribution in [0.5, 0.6) is 0 Å². The van der Waals surface area contributed by atoms with E-state index in [1.807, 2.05) is 12.4 Å². The highest BCUT2D eigenvalue weighted by Gasteiger charge is 2.20. The van der Waals surface area contributed by atoms with E-state index in [0.717, 1.165) is 19.0 Å². The van der Waals surface area contributed by atoms with Crippen molar-refractivity contribution in [3.63, 3.8) is 0 Å². The Morgan fingerprint density at radius 3 is 2.84 bits per heavy atom. The molecule has 0 bridgehead atoms. The molecule has 1 fully saturated rings. The fraction of sp³-hybridized carbons (Fsp3) is 0.688. The number of rotatable bonds is 7. The summed E-state index contributed by atoms with van der Waals surface area (Å²) in [6.45, 7) is 7.62. The zero-order valence-electron chi connectivity index (χ0n) is 12.5. The van der Waals surface area contributed by atoms with Crippen LogP contribution in [0.15, 0.2) is 18.5 Å². The average Bonchev–Trinajstić information content (AvgIpc) is 2.34. The Morgan fingerprint density at radius 1 is 1.42 bits per heavy atom. The normalized spacial score (nSPS) is 15.6. The summed E-state index contributed by atoms with van der Waals surface area (Å²) < 4.78 is 0. The lowest BCUT2D eigenvalue weighted by molar-refractivity contribution is 0.321. The minimum Gasteiger partial charge on any atom is -0.374 e. The zero-order chi connectivity index (χ0) is 13.7. The summed E-state index contributed by atoms with van der Waals surface area (Å²) in [4.78, 5) is 6.67. The van der Waals surface area contributed by atoms with Gasteiger partial charge in [0.2, 0.25) is 0 Å². The first kappa shape index (κ1) is 14.3. The summed E-state index contributed by atoms with van der Waals surface area (Å²) >= 11 is 0. The Balaban J connectivity index is 1.94. The van der Waals surface area contributed by atoms with Gasteiger partial charge >= 0.3 is 0 Å². The SMILES string of the molecule is CC(C)CNCc1cnccc1N(C)CC1CCC1. The molecule has 0 unspecified atom stereocenters. The average molecular weight is 261 g/mol. The number of pyridine rings is 1. The van der Waals surface area contributed by atoms with Crippen LogP contribution in [0.1, 0.15) is 38.7 Å². The van der Waals surface area contributed by atoms with Crippen LogP contribution in [0.25, 0.3) is 0 Å². The van der Waals surface area contributed by atoms with E-state index in [9.17, 15) is 0 Å². The monoisotopic (exact) mass is 261 g/mol. The predicted molar refractivity (Wildman–Crippen MR) is 81.4 cm³/mol. The van der Waals surface area contributed by atoms with Crippen molar-refractivity contribution in [3.8, 4) is 0 Å². The van der Waals surface area contributed by atoms with Crippen molar-refractivity contribution in [1.82, 2.24) is 10.3 Å². The molecule has 1 aromatic rings. The van der Waals surface area contributed by atoms with Crippen molar-refractivity contribution in [2.75, 3.05) is 25.0 Å². The predicted octanol–water partition coefficient (Wildman–Crippen LogP) is 3.06. The lowest BCUT2D eigenvalue weighted by Gasteiger charge is -2.32. The van der Waals surface area contributed by atoms with Gasteiger partial charge in [-0.25, -0.2) is 0 Å². The van der Waals surface area contributed by atoms with Crippen molar-refractivity contribution < 1.29 is 0 Å². The van der Waals surface area contributed by atoms with Crippen LogP contribution in [0.3, 0.4) is 0 Å². The van der Waals surface area contributed by atoms with Gasteiger partial charge in [0.1, 0.15) is 0 Å². The van der Waals surface area contributed by atoms with Crippen molar-refractivity contribution in [3.05, 3.63) is 24.0 Å². The van der Waals surface area contributed by atoms with E-state index in [1.165, 1.54) is 37.1 Å². The third kappa shape index (κ3) is 4.20. The molecule has 2 rings (SSSR count). The van der Waals surface area contributed by atoms with Crippen molar-refractivity contribution in [2.24, 2.45) is 11.8 Å². The fourth-order valence-corrected chi connectivity index (χ4v) is 2.58. The zero-order valence-corrected chi connectivity index (χ0v) is 12.5. The molecule has 106 valence electrons. The first-order valence-electron chi connectivity index (χ1n) is 7.51. The molecule has 0 radical (unpaired) electrons. The lowest BCUT2D eigenvalue weighted by Crippen LogP contribution is -2.30.